The minimum Gasteiger partial charge on any atom is -0.399 e. The molecule has 2 heterocycles. The molecule has 2 saturated heterocycles. The molecular formula is C16H24BClN2O2. The lowest BCUT2D eigenvalue weighted by Crippen LogP contribution is -2.42. The van der Waals surface area contributed by atoms with Gasteiger partial charge in [-0.25, -0.2) is 4.42 Å². The van der Waals surface area contributed by atoms with Gasteiger partial charge in [-0.2, -0.15) is 0 Å². The highest BCUT2D eigenvalue weighted by atomic mass is 35.5. The Hall–Kier alpha value is -0.745. The zero-order valence-electron chi connectivity index (χ0n) is 13.8. The second-order valence-electron chi connectivity index (χ2n) is 7.08. The number of benzene rings is 1. The van der Waals surface area contributed by atoms with Crippen molar-refractivity contribution < 1.29 is 9.31 Å². The van der Waals surface area contributed by atoms with Crippen molar-refractivity contribution in [2.24, 2.45) is 0 Å². The average Bonchev–Trinajstić information content (AvgIpc) is 2.68. The fourth-order valence-corrected chi connectivity index (χ4v) is 2.91. The third-order valence-electron chi connectivity index (χ3n) is 5.01. The van der Waals surface area contributed by atoms with Crippen molar-refractivity contribution in [1.29, 1.82) is 0 Å². The van der Waals surface area contributed by atoms with Crippen LogP contribution < -0.4 is 10.4 Å². The van der Waals surface area contributed by atoms with E-state index in [-0.39, 0.29) is 18.3 Å². The Morgan fingerprint density at radius 1 is 0.909 bits per heavy atom. The molecule has 0 aliphatic carbocycles. The van der Waals surface area contributed by atoms with Crippen molar-refractivity contribution in [2.45, 2.75) is 38.9 Å². The highest BCUT2D eigenvalue weighted by molar-refractivity contribution is 6.62. The second-order valence-corrected chi connectivity index (χ2v) is 7.55. The van der Waals surface area contributed by atoms with Gasteiger partial charge in [-0.3, -0.25) is 0 Å². The average molecular weight is 323 g/mol. The minimum absolute atomic E-state index is 0.293. The van der Waals surface area contributed by atoms with E-state index in [0.29, 0.717) is 0 Å². The van der Waals surface area contributed by atoms with Crippen molar-refractivity contribution in [3.8, 4) is 0 Å². The summed E-state index contributed by atoms with van der Waals surface area (Å²) >= 11 is 6.01. The van der Waals surface area contributed by atoms with E-state index in [1.54, 1.807) is 0 Å². The summed E-state index contributed by atoms with van der Waals surface area (Å²) in [5, 5.41) is 0. The van der Waals surface area contributed by atoms with E-state index in [1.165, 1.54) is 5.69 Å². The summed E-state index contributed by atoms with van der Waals surface area (Å²) in [6.45, 7) is 12.0. The van der Waals surface area contributed by atoms with E-state index in [9.17, 15) is 0 Å². The third-order valence-corrected chi connectivity index (χ3v) is 5.35. The standard InChI is InChI=1S/C16H24BClN2O2/c1-15(2)16(3,4)22-17(21-15)13-5-7-14(8-6-13)19-9-11-20(18)12-10-19/h5-8H,9-12H2,1-4H3. The van der Waals surface area contributed by atoms with Crippen LogP contribution in [0.25, 0.3) is 0 Å². The maximum Gasteiger partial charge on any atom is 0.494 e. The minimum atomic E-state index is -0.299. The van der Waals surface area contributed by atoms with Crippen molar-refractivity contribution in [3.05, 3.63) is 24.3 Å². The van der Waals surface area contributed by atoms with Gasteiger partial charge in [0.15, 0.2) is 0 Å². The molecule has 0 radical (unpaired) electrons. The Bertz CT molecular complexity index is 511. The Balaban J connectivity index is 1.70. The fourth-order valence-electron chi connectivity index (χ4n) is 2.76. The van der Waals surface area contributed by atoms with E-state index in [2.05, 4.69) is 56.9 Å². The largest absolute Gasteiger partial charge is 0.494 e. The maximum absolute atomic E-state index is 6.09. The zero-order chi connectivity index (χ0) is 16.0. The number of halogens is 1. The van der Waals surface area contributed by atoms with Crippen LogP contribution >= 0.6 is 11.8 Å². The van der Waals surface area contributed by atoms with E-state index >= 15 is 0 Å². The zero-order valence-corrected chi connectivity index (χ0v) is 14.6. The molecule has 1 aromatic carbocycles. The Kier molecular flexibility index (Phi) is 4.19. The smallest absolute Gasteiger partial charge is 0.399 e. The summed E-state index contributed by atoms with van der Waals surface area (Å²) in [6, 6.07) is 8.49. The summed E-state index contributed by atoms with van der Waals surface area (Å²) < 4.78 is 14.0. The molecule has 2 fully saturated rings. The highest BCUT2D eigenvalue weighted by Gasteiger charge is 2.51. The third kappa shape index (κ3) is 3.00. The molecular weight excluding hydrogens is 298 g/mol. The summed E-state index contributed by atoms with van der Waals surface area (Å²) in [4.78, 5) is 2.35. The topological polar surface area (TPSA) is 24.9 Å². The van der Waals surface area contributed by atoms with Gasteiger partial charge < -0.3 is 14.2 Å². The first-order valence-electron chi connectivity index (χ1n) is 7.90. The van der Waals surface area contributed by atoms with Crippen LogP contribution in [0.2, 0.25) is 0 Å². The SMILES string of the molecule is CC1(C)OB(c2ccc(N3CCN(Cl)CC3)cc2)OC1(C)C. The van der Waals surface area contributed by atoms with Gasteiger partial charge in [-0.05, 0) is 57.1 Å². The summed E-state index contributed by atoms with van der Waals surface area (Å²) in [5.41, 5.74) is 1.70. The van der Waals surface area contributed by atoms with Crippen LogP contribution in [-0.2, 0) is 9.31 Å². The van der Waals surface area contributed by atoms with Gasteiger partial charge in [0.05, 0.1) is 11.2 Å². The van der Waals surface area contributed by atoms with Crippen LogP contribution in [0.4, 0.5) is 5.69 Å². The quantitative estimate of drug-likeness (QED) is 0.616. The molecule has 2 aliphatic heterocycles. The summed E-state index contributed by atoms with van der Waals surface area (Å²) in [5.74, 6) is 0. The van der Waals surface area contributed by atoms with E-state index in [4.69, 9.17) is 21.1 Å². The normalized spacial score (nSPS) is 24.8. The van der Waals surface area contributed by atoms with Crippen LogP contribution in [0, 0.1) is 0 Å². The van der Waals surface area contributed by atoms with Gasteiger partial charge >= 0.3 is 7.12 Å². The molecule has 2 aliphatic rings. The lowest BCUT2D eigenvalue weighted by molar-refractivity contribution is 0.00578. The first kappa shape index (κ1) is 16.1. The predicted molar refractivity (Wildman–Crippen MR) is 91.8 cm³/mol. The van der Waals surface area contributed by atoms with Gasteiger partial charge in [-0.15, -0.1) is 0 Å². The van der Waals surface area contributed by atoms with Crippen molar-refractivity contribution in [2.75, 3.05) is 31.1 Å². The first-order valence-corrected chi connectivity index (χ1v) is 8.24. The van der Waals surface area contributed by atoms with Crippen molar-refractivity contribution in [3.63, 3.8) is 0 Å². The molecule has 6 heteroatoms. The lowest BCUT2D eigenvalue weighted by Gasteiger charge is -2.32. The van der Waals surface area contributed by atoms with E-state index in [1.807, 2.05) is 4.42 Å². The van der Waals surface area contributed by atoms with Crippen molar-refractivity contribution >= 4 is 30.0 Å². The number of nitrogens with zero attached hydrogens (tertiary/aromatic N) is 2. The molecule has 0 bridgehead atoms. The number of hydrogen-bond donors (Lipinski definition) is 0. The monoisotopic (exact) mass is 322 g/mol. The molecule has 120 valence electrons. The summed E-state index contributed by atoms with van der Waals surface area (Å²) in [7, 11) is -0.293. The lowest BCUT2D eigenvalue weighted by atomic mass is 9.79. The molecule has 0 N–H and O–H groups in total. The van der Waals surface area contributed by atoms with Gasteiger partial charge in [0.2, 0.25) is 0 Å². The van der Waals surface area contributed by atoms with Crippen LogP contribution in [0.15, 0.2) is 24.3 Å². The molecule has 3 rings (SSSR count). The molecule has 4 nitrogen and oxygen atoms in total. The first-order chi connectivity index (χ1) is 10.3. The van der Waals surface area contributed by atoms with Crippen LogP contribution in [0.5, 0.6) is 0 Å². The van der Waals surface area contributed by atoms with Gasteiger partial charge in [0.1, 0.15) is 0 Å². The van der Waals surface area contributed by atoms with Crippen molar-refractivity contribution in [1.82, 2.24) is 4.42 Å². The molecule has 0 atom stereocenters. The van der Waals surface area contributed by atoms with Crippen LogP contribution in [0.3, 0.4) is 0 Å². The number of hydrogen-bond acceptors (Lipinski definition) is 4. The van der Waals surface area contributed by atoms with Gasteiger partial charge in [-0.1, -0.05) is 12.1 Å². The highest BCUT2D eigenvalue weighted by Crippen LogP contribution is 2.36. The number of anilines is 1. The van der Waals surface area contributed by atoms with E-state index in [0.717, 1.165) is 31.6 Å². The Labute approximate surface area is 138 Å². The predicted octanol–water partition coefficient (Wildman–Crippen LogP) is 2.26. The fraction of sp³-hybridized carbons (Fsp3) is 0.625. The number of rotatable bonds is 2. The molecule has 0 aromatic heterocycles. The van der Waals surface area contributed by atoms with Crippen LogP contribution in [0.1, 0.15) is 27.7 Å². The van der Waals surface area contributed by atoms with E-state index < -0.39 is 0 Å². The number of piperazine rings is 1. The Morgan fingerprint density at radius 3 is 1.91 bits per heavy atom. The Morgan fingerprint density at radius 2 is 1.41 bits per heavy atom. The maximum atomic E-state index is 6.09. The second kappa shape index (κ2) is 5.71. The molecule has 22 heavy (non-hydrogen) atoms. The van der Waals surface area contributed by atoms with Crippen LogP contribution in [-0.4, -0.2) is 48.9 Å². The molecule has 0 saturated carbocycles. The molecule has 0 unspecified atom stereocenters. The summed E-state index contributed by atoms with van der Waals surface area (Å²) in [6.07, 6.45) is 0. The van der Waals surface area contributed by atoms with Gasteiger partial charge in [0, 0.05) is 31.9 Å². The molecule has 0 amide bonds. The van der Waals surface area contributed by atoms with Gasteiger partial charge in [0.25, 0.3) is 0 Å². The molecule has 0 spiro atoms. The molecule has 1 aromatic rings.